The fraction of sp³-hybridized carbons (Fsp3) is 0.579. The third kappa shape index (κ3) is 3.57. The largest absolute Gasteiger partial charge is 0.449 e. The zero-order valence-electron chi connectivity index (χ0n) is 13.5. The van der Waals surface area contributed by atoms with Crippen LogP contribution in [-0.4, -0.2) is 17.5 Å². The van der Waals surface area contributed by atoms with Gasteiger partial charge in [-0.25, -0.2) is 0 Å². The minimum Gasteiger partial charge on any atom is -0.449 e. The first-order valence-electron chi connectivity index (χ1n) is 8.70. The van der Waals surface area contributed by atoms with Crippen molar-refractivity contribution in [3.05, 3.63) is 35.9 Å². The maximum Gasteiger partial charge on any atom is 0.310 e. The van der Waals surface area contributed by atoms with Gasteiger partial charge in [0.2, 0.25) is 0 Å². The lowest BCUT2D eigenvalue weighted by Crippen LogP contribution is -2.48. The molecule has 0 heterocycles. The van der Waals surface area contributed by atoms with Crippen LogP contribution in [0, 0.1) is 5.92 Å². The number of amides is 1. The molecule has 0 aromatic heterocycles. The van der Waals surface area contributed by atoms with Crippen molar-refractivity contribution in [3.63, 3.8) is 0 Å². The van der Waals surface area contributed by atoms with Crippen LogP contribution in [0.4, 0.5) is 0 Å². The molecule has 3 rings (SSSR count). The van der Waals surface area contributed by atoms with Gasteiger partial charge in [0.05, 0.1) is 5.92 Å². The van der Waals surface area contributed by atoms with E-state index < -0.39 is 11.5 Å². The Morgan fingerprint density at radius 1 is 1.00 bits per heavy atom. The van der Waals surface area contributed by atoms with Crippen LogP contribution >= 0.6 is 0 Å². The van der Waals surface area contributed by atoms with Crippen molar-refractivity contribution < 1.29 is 14.3 Å². The number of carbonyl (C=O) groups excluding carboxylic acids is 2. The van der Waals surface area contributed by atoms with E-state index in [4.69, 9.17) is 10.5 Å². The molecule has 1 aromatic rings. The number of ether oxygens (including phenoxy) is 1. The molecule has 23 heavy (non-hydrogen) atoms. The number of nitrogens with two attached hydrogens (primary N) is 1. The lowest BCUT2D eigenvalue weighted by molar-refractivity contribution is -0.171. The van der Waals surface area contributed by atoms with Crippen molar-refractivity contribution in [3.8, 4) is 0 Å². The number of esters is 1. The van der Waals surface area contributed by atoms with E-state index in [1.807, 2.05) is 30.3 Å². The number of rotatable bonds is 4. The molecule has 4 nitrogen and oxygen atoms in total. The molecule has 1 amide bonds. The Hall–Kier alpha value is -1.84. The van der Waals surface area contributed by atoms with Gasteiger partial charge in [-0.15, -0.1) is 0 Å². The summed E-state index contributed by atoms with van der Waals surface area (Å²) < 4.78 is 5.74. The topological polar surface area (TPSA) is 69.4 Å². The highest BCUT2D eigenvalue weighted by atomic mass is 16.6. The van der Waals surface area contributed by atoms with Crippen LogP contribution in [0.1, 0.15) is 62.8 Å². The molecule has 2 aliphatic carbocycles. The van der Waals surface area contributed by atoms with E-state index in [1.165, 1.54) is 12.0 Å². The van der Waals surface area contributed by atoms with Crippen molar-refractivity contribution in [2.75, 3.05) is 0 Å². The lowest BCUT2D eigenvalue weighted by atomic mass is 9.86. The smallest absolute Gasteiger partial charge is 0.310 e. The monoisotopic (exact) mass is 315 g/mol. The van der Waals surface area contributed by atoms with E-state index in [0.29, 0.717) is 12.8 Å². The highest BCUT2D eigenvalue weighted by Crippen LogP contribution is 2.49. The van der Waals surface area contributed by atoms with Gasteiger partial charge in [0.25, 0.3) is 5.91 Å². The molecule has 0 radical (unpaired) electrons. The first kappa shape index (κ1) is 16.0. The van der Waals surface area contributed by atoms with Crippen LogP contribution in [0.25, 0.3) is 0 Å². The fourth-order valence-electron chi connectivity index (χ4n) is 3.67. The van der Waals surface area contributed by atoms with Gasteiger partial charge in [-0.05, 0) is 43.6 Å². The molecule has 1 aromatic carbocycles. The number of hydrogen-bond donors (Lipinski definition) is 1. The standard InChI is InChI=1S/C19H25NO3/c20-18(22)19(11-7-2-1-3-8-12-19)23-17(21)16-13-15(16)14-9-5-4-6-10-14/h4-6,9-10,15-16H,1-3,7-8,11-13H2,(H2,20,22). The molecule has 2 saturated carbocycles. The minimum absolute atomic E-state index is 0.126. The number of benzene rings is 1. The van der Waals surface area contributed by atoms with Crippen LogP contribution in [0.5, 0.6) is 0 Å². The second-order valence-corrected chi connectivity index (χ2v) is 6.91. The molecule has 2 unspecified atom stereocenters. The summed E-state index contributed by atoms with van der Waals surface area (Å²) in [5.41, 5.74) is 5.71. The van der Waals surface area contributed by atoms with Crippen molar-refractivity contribution >= 4 is 11.9 Å². The van der Waals surface area contributed by atoms with Gasteiger partial charge in [0.15, 0.2) is 5.60 Å². The van der Waals surface area contributed by atoms with Crippen molar-refractivity contribution in [1.82, 2.24) is 0 Å². The van der Waals surface area contributed by atoms with Gasteiger partial charge in [0, 0.05) is 0 Å². The Morgan fingerprint density at radius 2 is 1.61 bits per heavy atom. The third-order valence-electron chi connectivity index (χ3n) is 5.23. The summed E-state index contributed by atoms with van der Waals surface area (Å²) in [4.78, 5) is 24.6. The van der Waals surface area contributed by atoms with Gasteiger partial charge >= 0.3 is 5.97 Å². The van der Waals surface area contributed by atoms with Crippen LogP contribution in [0.2, 0.25) is 0 Å². The predicted molar refractivity (Wildman–Crippen MR) is 87.6 cm³/mol. The van der Waals surface area contributed by atoms with Crippen molar-refractivity contribution in [2.24, 2.45) is 11.7 Å². The summed E-state index contributed by atoms with van der Waals surface area (Å²) in [5.74, 6) is -0.635. The van der Waals surface area contributed by atoms with E-state index in [-0.39, 0.29) is 17.8 Å². The molecule has 2 aliphatic rings. The van der Waals surface area contributed by atoms with Crippen LogP contribution in [0.15, 0.2) is 30.3 Å². The van der Waals surface area contributed by atoms with E-state index in [9.17, 15) is 9.59 Å². The third-order valence-corrected chi connectivity index (χ3v) is 5.23. The van der Waals surface area contributed by atoms with Gasteiger partial charge in [-0.3, -0.25) is 9.59 Å². The molecular weight excluding hydrogens is 290 g/mol. The maximum absolute atomic E-state index is 12.5. The van der Waals surface area contributed by atoms with E-state index >= 15 is 0 Å². The second kappa shape index (κ2) is 6.73. The van der Waals surface area contributed by atoms with Crippen LogP contribution < -0.4 is 5.73 Å². The average Bonchev–Trinajstić information content (AvgIpc) is 3.31. The summed E-state index contributed by atoms with van der Waals surface area (Å²) in [7, 11) is 0. The Bertz CT molecular complexity index is 561. The number of carbonyl (C=O) groups is 2. The summed E-state index contributed by atoms with van der Waals surface area (Å²) in [6, 6.07) is 10.0. The SMILES string of the molecule is NC(=O)C1(OC(=O)C2CC2c2ccccc2)CCCCCCC1. The quantitative estimate of drug-likeness (QED) is 0.867. The van der Waals surface area contributed by atoms with Gasteiger partial charge < -0.3 is 10.5 Å². The maximum atomic E-state index is 12.5. The molecule has 0 aliphatic heterocycles. The molecule has 124 valence electrons. The Labute approximate surface area is 137 Å². The average molecular weight is 315 g/mol. The van der Waals surface area contributed by atoms with Crippen molar-refractivity contribution in [1.29, 1.82) is 0 Å². The summed E-state index contributed by atoms with van der Waals surface area (Å²) in [5, 5.41) is 0. The van der Waals surface area contributed by atoms with Crippen LogP contribution in [-0.2, 0) is 14.3 Å². The molecular formula is C19H25NO3. The first-order valence-corrected chi connectivity index (χ1v) is 8.70. The molecule has 2 atom stereocenters. The molecule has 2 fully saturated rings. The molecule has 2 N–H and O–H groups in total. The predicted octanol–water partition coefficient (Wildman–Crippen LogP) is 3.30. The number of hydrogen-bond acceptors (Lipinski definition) is 3. The molecule has 4 heteroatoms. The van der Waals surface area contributed by atoms with Crippen molar-refractivity contribution in [2.45, 2.75) is 62.9 Å². The normalized spacial score (nSPS) is 26.6. The lowest BCUT2D eigenvalue weighted by Gasteiger charge is -2.32. The highest BCUT2D eigenvalue weighted by Gasteiger charge is 2.49. The van der Waals surface area contributed by atoms with E-state index in [0.717, 1.165) is 32.1 Å². The van der Waals surface area contributed by atoms with Gasteiger partial charge in [-0.1, -0.05) is 49.6 Å². The Morgan fingerprint density at radius 3 is 2.22 bits per heavy atom. The second-order valence-electron chi connectivity index (χ2n) is 6.91. The molecule has 0 spiro atoms. The number of primary amides is 1. The highest BCUT2D eigenvalue weighted by molar-refractivity contribution is 5.88. The summed E-state index contributed by atoms with van der Waals surface area (Å²) in [6.45, 7) is 0. The summed E-state index contributed by atoms with van der Waals surface area (Å²) in [6.07, 6.45) is 7.05. The minimum atomic E-state index is -1.08. The van der Waals surface area contributed by atoms with Crippen LogP contribution in [0.3, 0.4) is 0 Å². The Balaban J connectivity index is 1.66. The zero-order valence-corrected chi connectivity index (χ0v) is 13.5. The Kier molecular flexibility index (Phi) is 4.69. The van der Waals surface area contributed by atoms with Gasteiger partial charge in [-0.2, -0.15) is 0 Å². The van der Waals surface area contributed by atoms with Gasteiger partial charge in [0.1, 0.15) is 0 Å². The summed E-state index contributed by atoms with van der Waals surface area (Å²) >= 11 is 0. The molecule has 0 saturated heterocycles. The van der Waals surface area contributed by atoms with E-state index in [2.05, 4.69) is 0 Å². The first-order chi connectivity index (χ1) is 11.1. The zero-order chi connectivity index (χ0) is 16.3. The van der Waals surface area contributed by atoms with E-state index in [1.54, 1.807) is 0 Å². The molecule has 0 bridgehead atoms. The fourth-order valence-corrected chi connectivity index (χ4v) is 3.67.